The molecule has 186 valence electrons. The highest BCUT2D eigenvalue weighted by atomic mass is 79.9. The van der Waals surface area contributed by atoms with Crippen molar-refractivity contribution in [1.82, 2.24) is 14.8 Å². The minimum absolute atomic E-state index is 0.222. The minimum Gasteiger partial charge on any atom is -0.489 e. The molecule has 0 fully saturated rings. The summed E-state index contributed by atoms with van der Waals surface area (Å²) in [5.41, 5.74) is 3.51. The van der Waals surface area contributed by atoms with Gasteiger partial charge >= 0.3 is 0 Å². The molecule has 0 unspecified atom stereocenters. The predicted octanol–water partition coefficient (Wildman–Crippen LogP) is 7.64. The van der Waals surface area contributed by atoms with Crippen LogP contribution in [-0.4, -0.2) is 26.2 Å². The van der Waals surface area contributed by atoms with Gasteiger partial charge in [-0.3, -0.25) is 14.7 Å². The number of thioether (sulfide) groups is 1. The first-order valence-corrected chi connectivity index (χ1v) is 13.3. The molecule has 0 spiro atoms. The number of nitrogens with zero attached hydrogens (tertiary/aromatic N) is 4. The Hall–Kier alpha value is -2.59. The number of benzene rings is 3. The van der Waals surface area contributed by atoms with Gasteiger partial charge in [-0.1, -0.05) is 74.7 Å². The molecular weight excluding hydrogens is 587 g/mol. The predicted molar refractivity (Wildman–Crippen MR) is 146 cm³/mol. The standard InChI is InChI=1S/C25H21BrCl2N4O3S/c1-15-3-7-19(8-4-15)32-16(2)29-30-25(32)36-24(13-31(33)34)20-12-18(26)6-10-23(20)35-14-17-5-9-21(27)22(28)11-17/h3-12,24H,13-14H2,1-2H3/t24-/m0/s1. The zero-order valence-corrected chi connectivity index (χ0v) is 23.2. The number of hydrogen-bond donors (Lipinski definition) is 0. The lowest BCUT2D eigenvalue weighted by Crippen LogP contribution is -2.12. The van der Waals surface area contributed by atoms with E-state index in [0.29, 0.717) is 32.3 Å². The van der Waals surface area contributed by atoms with Crippen molar-refractivity contribution < 1.29 is 9.66 Å². The SMILES string of the molecule is Cc1ccc(-n2c(C)nnc2S[C@@H](C[N+](=O)[O-])c2cc(Br)ccc2OCc2ccc(Cl)c(Cl)c2)cc1. The van der Waals surface area contributed by atoms with Crippen molar-refractivity contribution in [2.75, 3.05) is 6.54 Å². The van der Waals surface area contributed by atoms with Crippen molar-refractivity contribution in [2.24, 2.45) is 0 Å². The summed E-state index contributed by atoms with van der Waals surface area (Å²) in [7, 11) is 0. The van der Waals surface area contributed by atoms with Gasteiger partial charge in [0.2, 0.25) is 6.54 Å². The van der Waals surface area contributed by atoms with Crippen LogP contribution in [0, 0.1) is 24.0 Å². The quantitative estimate of drug-likeness (QED) is 0.110. The smallest absolute Gasteiger partial charge is 0.220 e. The summed E-state index contributed by atoms with van der Waals surface area (Å²) in [6.07, 6.45) is 0. The second-order valence-electron chi connectivity index (χ2n) is 8.04. The molecule has 0 aliphatic carbocycles. The molecule has 1 heterocycles. The Morgan fingerprint density at radius 1 is 1.06 bits per heavy atom. The summed E-state index contributed by atoms with van der Waals surface area (Å²) < 4.78 is 8.78. The lowest BCUT2D eigenvalue weighted by atomic mass is 10.1. The largest absolute Gasteiger partial charge is 0.489 e. The van der Waals surface area contributed by atoms with Crippen molar-refractivity contribution in [3.8, 4) is 11.4 Å². The second kappa shape index (κ2) is 11.6. The molecule has 0 aliphatic rings. The zero-order chi connectivity index (χ0) is 25.8. The highest BCUT2D eigenvalue weighted by Gasteiger charge is 2.27. The van der Waals surface area contributed by atoms with E-state index in [1.807, 2.05) is 60.9 Å². The molecular formula is C25H21BrCl2N4O3S. The topological polar surface area (TPSA) is 83.1 Å². The average molecular weight is 608 g/mol. The Morgan fingerprint density at radius 3 is 2.50 bits per heavy atom. The summed E-state index contributed by atoms with van der Waals surface area (Å²) in [6, 6.07) is 18.7. The Balaban J connectivity index is 1.67. The van der Waals surface area contributed by atoms with Gasteiger partial charge in [0, 0.05) is 20.6 Å². The van der Waals surface area contributed by atoms with Crippen LogP contribution in [0.4, 0.5) is 0 Å². The van der Waals surface area contributed by atoms with E-state index in [0.717, 1.165) is 21.3 Å². The van der Waals surface area contributed by atoms with Crippen LogP contribution in [0.2, 0.25) is 10.0 Å². The van der Waals surface area contributed by atoms with Gasteiger partial charge in [-0.05, 0) is 61.9 Å². The first-order valence-electron chi connectivity index (χ1n) is 10.8. The molecule has 0 aliphatic heterocycles. The average Bonchev–Trinajstić information content (AvgIpc) is 3.20. The maximum atomic E-state index is 11.7. The van der Waals surface area contributed by atoms with Crippen LogP contribution in [0.1, 0.15) is 27.8 Å². The highest BCUT2D eigenvalue weighted by Crippen LogP contribution is 2.41. The Labute approximate surface area is 231 Å². The zero-order valence-electron chi connectivity index (χ0n) is 19.3. The van der Waals surface area contributed by atoms with Gasteiger partial charge in [0.05, 0.1) is 10.0 Å². The van der Waals surface area contributed by atoms with E-state index in [9.17, 15) is 10.1 Å². The molecule has 4 rings (SSSR count). The molecule has 0 saturated heterocycles. The molecule has 7 nitrogen and oxygen atoms in total. The number of hydrogen-bond acceptors (Lipinski definition) is 6. The molecule has 0 bridgehead atoms. The van der Waals surface area contributed by atoms with Gasteiger partial charge in [0.25, 0.3) is 0 Å². The normalized spacial score (nSPS) is 11.9. The van der Waals surface area contributed by atoms with Crippen LogP contribution >= 0.6 is 50.9 Å². The van der Waals surface area contributed by atoms with E-state index in [1.54, 1.807) is 18.2 Å². The number of halogens is 3. The number of nitro groups is 1. The van der Waals surface area contributed by atoms with Crippen LogP contribution in [0.15, 0.2) is 70.3 Å². The number of ether oxygens (including phenoxy) is 1. The van der Waals surface area contributed by atoms with E-state index in [-0.39, 0.29) is 18.1 Å². The fourth-order valence-electron chi connectivity index (χ4n) is 3.56. The monoisotopic (exact) mass is 606 g/mol. The highest BCUT2D eigenvalue weighted by molar-refractivity contribution is 9.10. The number of rotatable bonds is 9. The van der Waals surface area contributed by atoms with Gasteiger partial charge in [0.15, 0.2) is 5.16 Å². The van der Waals surface area contributed by atoms with Gasteiger partial charge in [-0.2, -0.15) is 0 Å². The number of aryl methyl sites for hydroxylation is 2. The maximum Gasteiger partial charge on any atom is 0.220 e. The third-order valence-electron chi connectivity index (χ3n) is 5.35. The van der Waals surface area contributed by atoms with Crippen LogP contribution in [0.3, 0.4) is 0 Å². The molecule has 4 aromatic rings. The lowest BCUT2D eigenvalue weighted by Gasteiger charge is -2.18. The van der Waals surface area contributed by atoms with Crippen LogP contribution in [-0.2, 0) is 6.61 Å². The number of aromatic nitrogens is 3. The maximum absolute atomic E-state index is 11.7. The van der Waals surface area contributed by atoms with Gasteiger partial charge in [-0.15, -0.1) is 10.2 Å². The van der Waals surface area contributed by atoms with Gasteiger partial charge in [-0.25, -0.2) is 0 Å². The van der Waals surface area contributed by atoms with Crippen molar-refractivity contribution in [2.45, 2.75) is 30.9 Å². The fourth-order valence-corrected chi connectivity index (χ4v) is 5.46. The van der Waals surface area contributed by atoms with E-state index in [1.165, 1.54) is 11.8 Å². The molecule has 0 saturated carbocycles. The van der Waals surface area contributed by atoms with Crippen molar-refractivity contribution in [1.29, 1.82) is 0 Å². The molecule has 0 amide bonds. The second-order valence-corrected chi connectivity index (χ2v) is 10.9. The van der Waals surface area contributed by atoms with E-state index in [4.69, 9.17) is 27.9 Å². The van der Waals surface area contributed by atoms with Crippen LogP contribution in [0.25, 0.3) is 5.69 Å². The first-order chi connectivity index (χ1) is 17.2. The fraction of sp³-hybridized carbons (Fsp3) is 0.200. The third-order valence-corrected chi connectivity index (χ3v) is 7.74. The van der Waals surface area contributed by atoms with E-state index < -0.39 is 5.25 Å². The van der Waals surface area contributed by atoms with Crippen molar-refractivity contribution in [3.63, 3.8) is 0 Å². The summed E-state index contributed by atoms with van der Waals surface area (Å²) >= 11 is 16.9. The van der Waals surface area contributed by atoms with E-state index >= 15 is 0 Å². The molecule has 36 heavy (non-hydrogen) atoms. The third kappa shape index (κ3) is 6.39. The first kappa shape index (κ1) is 26.5. The molecule has 11 heteroatoms. The van der Waals surface area contributed by atoms with Crippen LogP contribution < -0.4 is 4.74 Å². The van der Waals surface area contributed by atoms with Crippen LogP contribution in [0.5, 0.6) is 5.75 Å². The summed E-state index contributed by atoms with van der Waals surface area (Å²) in [4.78, 5) is 11.4. The van der Waals surface area contributed by atoms with Gasteiger partial charge in [0.1, 0.15) is 23.4 Å². The molecule has 1 aromatic heterocycles. The lowest BCUT2D eigenvalue weighted by molar-refractivity contribution is -0.479. The Kier molecular flexibility index (Phi) is 8.56. The Bertz CT molecular complexity index is 1400. The minimum atomic E-state index is -0.589. The van der Waals surface area contributed by atoms with E-state index in [2.05, 4.69) is 26.1 Å². The molecule has 0 radical (unpaired) electrons. The summed E-state index contributed by atoms with van der Waals surface area (Å²) in [5, 5.41) is 21.1. The van der Waals surface area contributed by atoms with Crippen molar-refractivity contribution >= 4 is 50.9 Å². The Morgan fingerprint density at radius 2 is 1.81 bits per heavy atom. The molecule has 0 N–H and O–H groups in total. The molecule has 1 atom stereocenters. The summed E-state index contributed by atoms with van der Waals surface area (Å²) in [5.74, 6) is 1.22. The van der Waals surface area contributed by atoms with Crippen molar-refractivity contribution in [3.05, 3.63) is 108 Å². The summed E-state index contributed by atoms with van der Waals surface area (Å²) in [6.45, 7) is 3.76. The van der Waals surface area contributed by atoms with Gasteiger partial charge < -0.3 is 4.74 Å². The molecule has 3 aromatic carbocycles.